The van der Waals surface area contributed by atoms with Crippen molar-refractivity contribution >= 4 is 11.0 Å². The number of aromatic nitrogens is 3. The summed E-state index contributed by atoms with van der Waals surface area (Å²) in [5.41, 5.74) is 7.67. The first kappa shape index (κ1) is 37.5. The average Bonchev–Trinajstić information content (AvgIpc) is 3.69. The van der Waals surface area contributed by atoms with Gasteiger partial charge < -0.3 is 5.11 Å². The Morgan fingerprint density at radius 3 is 1.83 bits per heavy atom. The van der Waals surface area contributed by atoms with E-state index in [-0.39, 0.29) is 55.2 Å². The van der Waals surface area contributed by atoms with E-state index in [1.54, 1.807) is 18.3 Å². The zero-order chi connectivity index (χ0) is 54.2. The van der Waals surface area contributed by atoms with Crippen LogP contribution in [0.3, 0.4) is 0 Å². The van der Waals surface area contributed by atoms with Crippen molar-refractivity contribution in [1.82, 2.24) is 14.5 Å². The van der Waals surface area contributed by atoms with E-state index in [4.69, 9.17) is 22.3 Å². The maximum Gasteiger partial charge on any atom is 0.148 e. The second-order valence-electron chi connectivity index (χ2n) is 20.3. The Morgan fingerprint density at radius 2 is 1.23 bits per heavy atom. The summed E-state index contributed by atoms with van der Waals surface area (Å²) < 4.78 is 81.5. The number of hydrogen-bond acceptors (Lipinski definition) is 3. The van der Waals surface area contributed by atoms with Gasteiger partial charge >= 0.3 is 0 Å². The third kappa shape index (κ3) is 9.50. The third-order valence-corrected chi connectivity index (χ3v) is 12.5. The van der Waals surface area contributed by atoms with Crippen molar-refractivity contribution in [2.45, 2.75) is 125 Å². The van der Waals surface area contributed by atoms with Gasteiger partial charge in [0.25, 0.3) is 0 Å². The van der Waals surface area contributed by atoms with Crippen molar-refractivity contribution in [1.29, 1.82) is 0 Å². The molecule has 2 aromatic heterocycles. The minimum Gasteiger partial charge on any atom is -0.507 e. The summed E-state index contributed by atoms with van der Waals surface area (Å²) in [5, 5.41) is 12.7. The predicted octanol–water partition coefficient (Wildman–Crippen LogP) is 16.7. The fourth-order valence-corrected chi connectivity index (χ4v) is 8.72. The van der Waals surface area contributed by atoms with Crippen LogP contribution in [0.1, 0.15) is 147 Å². The molecule has 0 aliphatic carbocycles. The molecule has 0 saturated carbocycles. The molecule has 0 amide bonds. The first-order chi connectivity index (χ1) is 34.3. The number of para-hydroxylation sites is 1. The molecule has 0 atom stereocenters. The minimum absolute atomic E-state index is 0. The van der Waals surface area contributed by atoms with Gasteiger partial charge in [-0.1, -0.05) is 185 Å². The predicted molar refractivity (Wildman–Crippen MR) is 276 cm³/mol. The van der Waals surface area contributed by atoms with E-state index in [1.165, 1.54) is 12.1 Å². The Balaban J connectivity index is 0.00000820. The van der Waals surface area contributed by atoms with Gasteiger partial charge in [0.05, 0.1) is 22.3 Å². The van der Waals surface area contributed by atoms with Gasteiger partial charge in [-0.05, 0) is 104 Å². The van der Waals surface area contributed by atoms with Crippen molar-refractivity contribution in [3.05, 3.63) is 167 Å². The number of aryl methyl sites for hydroxylation is 1. The molecule has 0 bridgehead atoms. The molecular formula is C61H66N3OPt-. The number of benzene rings is 6. The summed E-state index contributed by atoms with van der Waals surface area (Å²) >= 11 is 0. The van der Waals surface area contributed by atoms with Crippen molar-refractivity contribution < 1.29 is 38.5 Å². The smallest absolute Gasteiger partial charge is 0.148 e. The fraction of sp³-hybridized carbons (Fsp3) is 0.311. The first-order valence-corrected chi connectivity index (χ1v) is 22.6. The molecule has 0 saturated heterocycles. The van der Waals surface area contributed by atoms with Gasteiger partial charge in [0, 0.05) is 50.9 Å². The van der Waals surface area contributed by atoms with Crippen LogP contribution in [0.2, 0.25) is 0 Å². The maximum atomic E-state index is 12.7. The van der Waals surface area contributed by atoms with Gasteiger partial charge in [0.15, 0.2) is 0 Å². The van der Waals surface area contributed by atoms with Gasteiger partial charge in [-0.2, -0.15) is 0 Å². The summed E-state index contributed by atoms with van der Waals surface area (Å²) in [6.07, 6.45) is 1.61. The minimum atomic E-state index is -3.55. The van der Waals surface area contributed by atoms with Gasteiger partial charge in [-0.3, -0.25) is 9.55 Å². The van der Waals surface area contributed by atoms with Crippen LogP contribution in [0.25, 0.3) is 72.7 Å². The molecular weight excluding hydrogens is 986 g/mol. The Bertz CT molecular complexity index is 3330. The monoisotopic (exact) mass is 1060 g/mol. The van der Waals surface area contributed by atoms with E-state index in [0.717, 1.165) is 55.8 Å². The SMILES string of the molecule is [2H]C([2H])([2H])C(c1cc(-c2cc(-c3ccc(C)cc3)ccn2)[c-]c(-c2cccc3c2nc(-c2cc(C(C)(C)C)cc(C(C)(C)C)c2O)n3-c2c(C(C)C)cc(-c3ccccc3)cc2C(C)C)c1)(C([2H])([2H])[2H])C([2H])([2H])[2H].[Pt]. The first-order valence-electron chi connectivity index (χ1n) is 27.1. The summed E-state index contributed by atoms with van der Waals surface area (Å²) in [6, 6.07) is 42.1. The van der Waals surface area contributed by atoms with Crippen LogP contribution >= 0.6 is 0 Å². The molecule has 0 unspecified atom stereocenters. The van der Waals surface area contributed by atoms with Crippen molar-refractivity contribution in [2.75, 3.05) is 0 Å². The molecule has 2 heterocycles. The van der Waals surface area contributed by atoms with E-state index in [1.807, 2.05) is 73.7 Å². The largest absolute Gasteiger partial charge is 0.507 e. The van der Waals surface area contributed by atoms with Crippen molar-refractivity contribution in [2.24, 2.45) is 0 Å². The van der Waals surface area contributed by atoms with E-state index < -0.39 is 36.9 Å². The molecule has 0 radical (unpaired) electrons. The summed E-state index contributed by atoms with van der Waals surface area (Å²) in [4.78, 5) is 10.3. The normalized spacial score (nSPS) is 14.9. The van der Waals surface area contributed by atoms with Crippen LogP contribution in [0.5, 0.6) is 5.75 Å². The number of hydrogen-bond donors (Lipinski definition) is 1. The quantitative estimate of drug-likeness (QED) is 0.154. The third-order valence-electron chi connectivity index (χ3n) is 12.5. The summed E-state index contributed by atoms with van der Waals surface area (Å²) in [7, 11) is 0. The Kier molecular flexibility index (Phi) is 10.4. The maximum absolute atomic E-state index is 12.7. The second-order valence-corrected chi connectivity index (χ2v) is 20.3. The topological polar surface area (TPSA) is 50.9 Å². The van der Waals surface area contributed by atoms with E-state index >= 15 is 0 Å². The number of rotatable bonds is 8. The van der Waals surface area contributed by atoms with Gasteiger partial charge in [0.2, 0.25) is 0 Å². The molecule has 66 heavy (non-hydrogen) atoms. The molecule has 0 spiro atoms. The second kappa shape index (κ2) is 18.3. The molecule has 0 fully saturated rings. The standard InChI is InChI=1S/C61H66N3O.Pt/c1-37(2)49-32-43(40-19-16-15-17-20-40)33-50(38(3)4)56(49)64-54-22-18-21-48(55(54)63-58(64)51-35-47(60(9,10)11)36-52(57(51)65)61(12,13)14)44-29-45(31-46(30-44)59(6,7)8)53-34-42(27-28-62-53)41-25-23-39(5)24-26-41;/h15-28,30-38,65H,1-14H3;/q-1;/i6D3,7D3,8D3;. The van der Waals surface area contributed by atoms with Gasteiger partial charge in [-0.25, -0.2) is 4.98 Å². The number of pyridine rings is 1. The molecule has 6 aromatic carbocycles. The number of nitrogens with zero attached hydrogens (tertiary/aromatic N) is 3. The van der Waals surface area contributed by atoms with E-state index in [9.17, 15) is 5.11 Å². The number of phenolic OH excluding ortho intramolecular Hbond substituents is 1. The molecule has 5 heteroatoms. The Morgan fingerprint density at radius 1 is 0.606 bits per heavy atom. The molecule has 0 aliphatic heterocycles. The summed E-state index contributed by atoms with van der Waals surface area (Å²) in [6.45, 7) is 12.6. The van der Waals surface area contributed by atoms with Gasteiger partial charge in [-0.15, -0.1) is 29.3 Å². The van der Waals surface area contributed by atoms with Crippen LogP contribution in [0.15, 0.2) is 128 Å². The zero-order valence-electron chi connectivity index (χ0n) is 48.9. The number of phenols is 1. The number of aromatic hydroxyl groups is 1. The molecule has 1 N–H and O–H groups in total. The van der Waals surface area contributed by atoms with Gasteiger partial charge in [0.1, 0.15) is 11.6 Å². The Hall–Kier alpha value is -5.57. The fourth-order valence-electron chi connectivity index (χ4n) is 8.72. The van der Waals surface area contributed by atoms with Crippen LogP contribution in [0.4, 0.5) is 0 Å². The van der Waals surface area contributed by atoms with E-state index in [0.29, 0.717) is 33.7 Å². The molecule has 8 aromatic rings. The molecule has 8 rings (SSSR count). The van der Waals surface area contributed by atoms with Crippen molar-refractivity contribution in [3.63, 3.8) is 0 Å². The number of fused-ring (bicyclic) bond motifs is 1. The van der Waals surface area contributed by atoms with Crippen LogP contribution in [-0.4, -0.2) is 19.6 Å². The average molecular weight is 1060 g/mol. The molecule has 4 nitrogen and oxygen atoms in total. The van der Waals surface area contributed by atoms with Crippen molar-refractivity contribution in [3.8, 4) is 67.5 Å². The van der Waals surface area contributed by atoms with Crippen LogP contribution < -0.4 is 0 Å². The van der Waals surface area contributed by atoms with E-state index in [2.05, 4.69) is 110 Å². The van der Waals surface area contributed by atoms with Crippen LogP contribution in [-0.2, 0) is 37.3 Å². The zero-order valence-corrected chi connectivity index (χ0v) is 42.2. The molecule has 0 aliphatic rings. The Labute approximate surface area is 421 Å². The molecule has 342 valence electrons. The summed E-state index contributed by atoms with van der Waals surface area (Å²) in [5.74, 6) is 0.531. The van der Waals surface area contributed by atoms with Crippen LogP contribution in [0, 0.1) is 13.0 Å². The number of imidazole rings is 1.